The van der Waals surface area contributed by atoms with Crippen molar-refractivity contribution in [3.8, 4) is 0 Å². The normalized spacial score (nSPS) is 10.8. The van der Waals surface area contributed by atoms with Crippen molar-refractivity contribution >= 4 is 12.1 Å². The third kappa shape index (κ3) is 8.08. The number of hydrogen-bond donors (Lipinski definition) is 1. The van der Waals surface area contributed by atoms with E-state index in [0.29, 0.717) is 6.42 Å². The van der Waals surface area contributed by atoms with E-state index < -0.39 is 0 Å². The van der Waals surface area contributed by atoms with E-state index in [0.717, 1.165) is 18.5 Å². The Morgan fingerprint density at radius 3 is 2.79 bits per heavy atom. The van der Waals surface area contributed by atoms with Crippen LogP contribution in [0.5, 0.6) is 0 Å². The molecule has 0 fully saturated rings. The molecule has 1 rings (SSSR count). The first-order valence-corrected chi connectivity index (χ1v) is 7.06. The number of nitrogens with zero attached hydrogens (tertiary/aromatic N) is 2. The zero-order valence-corrected chi connectivity index (χ0v) is 11.6. The minimum atomic E-state index is -0.0253. The van der Waals surface area contributed by atoms with E-state index in [4.69, 9.17) is 0 Å². The second-order valence-electron chi connectivity index (χ2n) is 4.57. The molecule has 1 heterocycles. The van der Waals surface area contributed by atoms with Crippen molar-refractivity contribution in [1.82, 2.24) is 10.4 Å². The van der Waals surface area contributed by atoms with Gasteiger partial charge in [-0.3, -0.25) is 9.78 Å². The highest BCUT2D eigenvalue weighted by Crippen LogP contribution is 2.06. The quantitative estimate of drug-likeness (QED) is 0.421. The van der Waals surface area contributed by atoms with Crippen molar-refractivity contribution in [2.45, 2.75) is 51.9 Å². The molecule has 0 spiro atoms. The summed E-state index contributed by atoms with van der Waals surface area (Å²) in [6.07, 6.45) is 10.9. The summed E-state index contributed by atoms with van der Waals surface area (Å²) < 4.78 is 0. The van der Waals surface area contributed by atoms with Crippen molar-refractivity contribution in [1.29, 1.82) is 0 Å². The Morgan fingerprint density at radius 2 is 2.05 bits per heavy atom. The van der Waals surface area contributed by atoms with Gasteiger partial charge in [0.15, 0.2) is 0 Å². The first-order chi connectivity index (χ1) is 9.33. The average molecular weight is 261 g/mol. The number of carbonyl (C=O) groups excluding carboxylic acids is 1. The summed E-state index contributed by atoms with van der Waals surface area (Å²) in [7, 11) is 0. The third-order valence-corrected chi connectivity index (χ3v) is 2.83. The molecule has 0 saturated carbocycles. The molecule has 4 nitrogen and oxygen atoms in total. The lowest BCUT2D eigenvalue weighted by Crippen LogP contribution is -2.17. The predicted octanol–water partition coefficient (Wildman–Crippen LogP) is 3.28. The Balaban J connectivity index is 2.06. The smallest absolute Gasteiger partial charge is 0.240 e. The molecule has 0 atom stereocenters. The van der Waals surface area contributed by atoms with Crippen LogP contribution in [0.25, 0.3) is 0 Å². The van der Waals surface area contributed by atoms with E-state index in [1.807, 2.05) is 18.2 Å². The molecular formula is C15H23N3O. The maximum atomic E-state index is 11.5. The largest absolute Gasteiger partial charge is 0.273 e. The number of hydrogen-bond acceptors (Lipinski definition) is 3. The van der Waals surface area contributed by atoms with Gasteiger partial charge in [-0.15, -0.1) is 0 Å². The molecule has 1 aromatic heterocycles. The molecule has 0 aliphatic carbocycles. The Labute approximate surface area is 115 Å². The van der Waals surface area contributed by atoms with Crippen LogP contribution >= 0.6 is 0 Å². The van der Waals surface area contributed by atoms with E-state index in [9.17, 15) is 4.79 Å². The summed E-state index contributed by atoms with van der Waals surface area (Å²) in [6.45, 7) is 2.20. The van der Waals surface area contributed by atoms with Gasteiger partial charge in [0.1, 0.15) is 0 Å². The van der Waals surface area contributed by atoms with Crippen molar-refractivity contribution in [2.24, 2.45) is 5.10 Å². The number of hydrazone groups is 1. The van der Waals surface area contributed by atoms with Crippen molar-refractivity contribution in [3.63, 3.8) is 0 Å². The molecule has 0 bridgehead atoms. The number of nitrogens with one attached hydrogen (secondary N) is 1. The number of pyridine rings is 1. The highest BCUT2D eigenvalue weighted by Gasteiger charge is 1.98. The standard InChI is InChI=1S/C15H23N3O/c1-2-3-4-5-6-7-11-15(19)18-17-13-14-10-8-9-12-16-14/h8-10,12-13H,2-7,11H2,1H3,(H,18,19). The number of carbonyl (C=O) groups is 1. The number of aromatic nitrogens is 1. The van der Waals surface area contributed by atoms with E-state index >= 15 is 0 Å². The summed E-state index contributed by atoms with van der Waals surface area (Å²) in [5.41, 5.74) is 3.26. The summed E-state index contributed by atoms with van der Waals surface area (Å²) in [6, 6.07) is 5.56. The summed E-state index contributed by atoms with van der Waals surface area (Å²) in [5, 5.41) is 3.88. The lowest BCUT2D eigenvalue weighted by Gasteiger charge is -2.00. The fourth-order valence-corrected chi connectivity index (χ4v) is 1.74. The minimum absolute atomic E-state index is 0.0253. The highest BCUT2D eigenvalue weighted by atomic mass is 16.2. The second-order valence-corrected chi connectivity index (χ2v) is 4.57. The van der Waals surface area contributed by atoms with Crippen LogP contribution in [0.4, 0.5) is 0 Å². The van der Waals surface area contributed by atoms with Crippen molar-refractivity contribution in [2.75, 3.05) is 0 Å². The van der Waals surface area contributed by atoms with Crippen LogP contribution in [0, 0.1) is 0 Å². The third-order valence-electron chi connectivity index (χ3n) is 2.83. The fourth-order valence-electron chi connectivity index (χ4n) is 1.74. The monoisotopic (exact) mass is 261 g/mol. The lowest BCUT2D eigenvalue weighted by molar-refractivity contribution is -0.121. The molecule has 104 valence electrons. The maximum Gasteiger partial charge on any atom is 0.240 e. The summed E-state index contributed by atoms with van der Waals surface area (Å²) in [5.74, 6) is -0.0253. The molecule has 0 aliphatic heterocycles. The Kier molecular flexibility index (Phi) is 8.27. The van der Waals surface area contributed by atoms with Crippen LogP contribution in [0.1, 0.15) is 57.6 Å². The SMILES string of the molecule is CCCCCCCCC(=O)NN=Cc1ccccn1. The van der Waals surface area contributed by atoms with Gasteiger partial charge in [0, 0.05) is 12.6 Å². The van der Waals surface area contributed by atoms with Gasteiger partial charge >= 0.3 is 0 Å². The van der Waals surface area contributed by atoms with Crippen LogP contribution in [0.15, 0.2) is 29.5 Å². The van der Waals surface area contributed by atoms with Crippen molar-refractivity contribution in [3.05, 3.63) is 30.1 Å². The highest BCUT2D eigenvalue weighted by molar-refractivity contribution is 5.80. The topological polar surface area (TPSA) is 54.4 Å². The molecule has 1 aromatic rings. The van der Waals surface area contributed by atoms with Gasteiger partial charge in [-0.1, -0.05) is 45.1 Å². The number of unbranched alkanes of at least 4 members (excludes halogenated alkanes) is 5. The zero-order valence-electron chi connectivity index (χ0n) is 11.6. The minimum Gasteiger partial charge on any atom is -0.273 e. The molecular weight excluding hydrogens is 238 g/mol. The van der Waals surface area contributed by atoms with Crippen LogP contribution in [0.3, 0.4) is 0 Å². The van der Waals surface area contributed by atoms with Gasteiger partial charge in [-0.2, -0.15) is 5.10 Å². The molecule has 0 aromatic carbocycles. The molecule has 0 unspecified atom stereocenters. The first kappa shape index (κ1) is 15.3. The van der Waals surface area contributed by atoms with Gasteiger partial charge in [0.05, 0.1) is 11.9 Å². The molecule has 0 saturated heterocycles. The fraction of sp³-hybridized carbons (Fsp3) is 0.533. The molecule has 0 aliphatic rings. The molecule has 19 heavy (non-hydrogen) atoms. The molecule has 1 amide bonds. The lowest BCUT2D eigenvalue weighted by atomic mass is 10.1. The van der Waals surface area contributed by atoms with Crippen LogP contribution in [-0.2, 0) is 4.79 Å². The molecule has 4 heteroatoms. The number of amides is 1. The van der Waals surface area contributed by atoms with E-state index in [1.54, 1.807) is 12.4 Å². The van der Waals surface area contributed by atoms with Gasteiger partial charge in [-0.25, -0.2) is 5.43 Å². The van der Waals surface area contributed by atoms with Crippen LogP contribution < -0.4 is 5.43 Å². The molecule has 1 N–H and O–H groups in total. The number of rotatable bonds is 9. The Morgan fingerprint density at radius 1 is 1.26 bits per heavy atom. The van der Waals surface area contributed by atoms with E-state index in [-0.39, 0.29) is 5.91 Å². The van der Waals surface area contributed by atoms with Gasteiger partial charge in [0.25, 0.3) is 0 Å². The Hall–Kier alpha value is -1.71. The maximum absolute atomic E-state index is 11.5. The first-order valence-electron chi connectivity index (χ1n) is 7.06. The Bertz CT molecular complexity index is 376. The second kappa shape index (κ2) is 10.2. The van der Waals surface area contributed by atoms with Gasteiger partial charge in [0.2, 0.25) is 5.91 Å². The summed E-state index contributed by atoms with van der Waals surface area (Å²) in [4.78, 5) is 15.6. The van der Waals surface area contributed by atoms with Gasteiger partial charge < -0.3 is 0 Å². The molecule has 0 radical (unpaired) electrons. The van der Waals surface area contributed by atoms with Gasteiger partial charge in [-0.05, 0) is 18.6 Å². The summed E-state index contributed by atoms with van der Waals surface area (Å²) >= 11 is 0. The van der Waals surface area contributed by atoms with E-state index in [1.165, 1.54) is 25.7 Å². The van der Waals surface area contributed by atoms with Crippen molar-refractivity contribution < 1.29 is 4.79 Å². The predicted molar refractivity (Wildman–Crippen MR) is 78.0 cm³/mol. The zero-order chi connectivity index (χ0) is 13.8. The average Bonchev–Trinajstić information content (AvgIpc) is 2.44. The van der Waals surface area contributed by atoms with E-state index in [2.05, 4.69) is 22.4 Å². The van der Waals surface area contributed by atoms with Crippen LogP contribution in [0.2, 0.25) is 0 Å². The van der Waals surface area contributed by atoms with Crippen LogP contribution in [-0.4, -0.2) is 17.1 Å².